The molecule has 1 unspecified atom stereocenters. The van der Waals surface area contributed by atoms with Crippen molar-refractivity contribution in [3.63, 3.8) is 0 Å². The number of hydrogen-bond donors (Lipinski definition) is 1. The quantitative estimate of drug-likeness (QED) is 0.535. The molecule has 0 spiro atoms. The summed E-state index contributed by atoms with van der Waals surface area (Å²) in [6.07, 6.45) is 0.227. The summed E-state index contributed by atoms with van der Waals surface area (Å²) < 4.78 is 6.70. The molecule has 1 heterocycles. The van der Waals surface area contributed by atoms with E-state index in [0.717, 1.165) is 27.0 Å². The second-order valence-corrected chi connectivity index (χ2v) is 8.44. The lowest BCUT2D eigenvalue weighted by molar-refractivity contribution is -0.126. The SMILES string of the molecule is O=C(NCc1ccc(OCc2ccccc2)cc1)C1CC(=O)N(c2cccc(Br)c2)C1. The molecule has 6 heteroatoms. The smallest absolute Gasteiger partial charge is 0.227 e. The molecule has 0 aromatic heterocycles. The van der Waals surface area contributed by atoms with Crippen molar-refractivity contribution in [2.75, 3.05) is 11.4 Å². The summed E-state index contributed by atoms with van der Waals surface area (Å²) in [6.45, 7) is 1.33. The second kappa shape index (κ2) is 9.79. The van der Waals surface area contributed by atoms with E-state index >= 15 is 0 Å². The molecule has 31 heavy (non-hydrogen) atoms. The van der Waals surface area contributed by atoms with Crippen molar-refractivity contribution in [2.45, 2.75) is 19.6 Å². The molecule has 1 atom stereocenters. The van der Waals surface area contributed by atoms with Crippen molar-refractivity contribution < 1.29 is 14.3 Å². The molecule has 1 fully saturated rings. The largest absolute Gasteiger partial charge is 0.489 e. The lowest BCUT2D eigenvalue weighted by Gasteiger charge is -2.17. The number of carbonyl (C=O) groups excluding carboxylic acids is 2. The maximum absolute atomic E-state index is 12.6. The Balaban J connectivity index is 1.27. The van der Waals surface area contributed by atoms with Crippen LogP contribution in [0.4, 0.5) is 5.69 Å². The molecule has 158 valence electrons. The number of halogens is 1. The van der Waals surface area contributed by atoms with Crippen LogP contribution in [0.2, 0.25) is 0 Å². The monoisotopic (exact) mass is 478 g/mol. The number of hydrogen-bond acceptors (Lipinski definition) is 3. The number of nitrogens with one attached hydrogen (secondary N) is 1. The highest BCUT2D eigenvalue weighted by atomic mass is 79.9. The lowest BCUT2D eigenvalue weighted by Crippen LogP contribution is -2.32. The van der Waals surface area contributed by atoms with E-state index in [2.05, 4.69) is 21.2 Å². The van der Waals surface area contributed by atoms with Gasteiger partial charge in [-0.15, -0.1) is 0 Å². The van der Waals surface area contributed by atoms with Gasteiger partial charge in [-0.05, 0) is 41.5 Å². The molecule has 0 bridgehead atoms. The normalized spacial score (nSPS) is 15.7. The van der Waals surface area contributed by atoms with Crippen LogP contribution < -0.4 is 15.0 Å². The van der Waals surface area contributed by atoms with Crippen LogP contribution >= 0.6 is 15.9 Å². The lowest BCUT2D eigenvalue weighted by atomic mass is 10.1. The number of amides is 2. The third-order valence-electron chi connectivity index (χ3n) is 5.25. The summed E-state index contributed by atoms with van der Waals surface area (Å²) in [6, 6.07) is 25.2. The third kappa shape index (κ3) is 5.52. The Hall–Kier alpha value is -3.12. The van der Waals surface area contributed by atoms with Gasteiger partial charge in [-0.3, -0.25) is 9.59 Å². The molecule has 3 aromatic carbocycles. The Morgan fingerprint density at radius 1 is 1.00 bits per heavy atom. The first-order chi connectivity index (χ1) is 15.1. The standard InChI is InChI=1S/C25H23BrN2O3/c26-21-7-4-8-22(14-21)28-16-20(13-24(28)29)25(30)27-15-18-9-11-23(12-10-18)31-17-19-5-2-1-3-6-19/h1-12,14,20H,13,15-17H2,(H,27,30). The molecule has 0 saturated carbocycles. The minimum atomic E-state index is -0.347. The molecule has 1 aliphatic rings. The van der Waals surface area contributed by atoms with Gasteiger partial charge < -0.3 is 15.0 Å². The fourth-order valence-corrected chi connectivity index (χ4v) is 3.94. The van der Waals surface area contributed by atoms with Gasteiger partial charge >= 0.3 is 0 Å². The van der Waals surface area contributed by atoms with Crippen molar-refractivity contribution in [3.05, 3.63) is 94.5 Å². The number of rotatable bonds is 7. The third-order valence-corrected chi connectivity index (χ3v) is 5.75. The summed E-state index contributed by atoms with van der Waals surface area (Å²) in [5.74, 6) is 0.304. The van der Waals surface area contributed by atoms with E-state index < -0.39 is 0 Å². The van der Waals surface area contributed by atoms with E-state index in [0.29, 0.717) is 19.7 Å². The first kappa shape index (κ1) is 21.1. The van der Waals surface area contributed by atoms with Crippen LogP contribution in [0.1, 0.15) is 17.5 Å². The predicted molar refractivity (Wildman–Crippen MR) is 124 cm³/mol. The molecule has 5 nitrogen and oxygen atoms in total. The highest BCUT2D eigenvalue weighted by molar-refractivity contribution is 9.10. The molecule has 1 N–H and O–H groups in total. The maximum Gasteiger partial charge on any atom is 0.227 e. The number of carbonyl (C=O) groups is 2. The topological polar surface area (TPSA) is 58.6 Å². The van der Waals surface area contributed by atoms with Crippen molar-refractivity contribution >= 4 is 33.4 Å². The molecule has 2 amide bonds. The Morgan fingerprint density at radius 3 is 2.52 bits per heavy atom. The minimum absolute atomic E-state index is 0.0295. The van der Waals surface area contributed by atoms with Gasteiger partial charge in [-0.1, -0.05) is 64.5 Å². The fraction of sp³-hybridized carbons (Fsp3) is 0.200. The van der Waals surface area contributed by atoms with E-state index in [9.17, 15) is 9.59 Å². The first-order valence-electron chi connectivity index (χ1n) is 10.2. The van der Waals surface area contributed by atoms with Crippen LogP contribution in [0.15, 0.2) is 83.3 Å². The summed E-state index contributed by atoms with van der Waals surface area (Å²) in [5.41, 5.74) is 2.90. The molecule has 3 aromatic rings. The zero-order valence-corrected chi connectivity index (χ0v) is 18.5. The minimum Gasteiger partial charge on any atom is -0.489 e. The number of nitrogens with zero attached hydrogens (tertiary/aromatic N) is 1. The second-order valence-electron chi connectivity index (χ2n) is 7.52. The highest BCUT2D eigenvalue weighted by Crippen LogP contribution is 2.27. The zero-order valence-electron chi connectivity index (χ0n) is 17.0. The molecular weight excluding hydrogens is 456 g/mol. The van der Waals surface area contributed by atoms with Crippen molar-refractivity contribution in [1.29, 1.82) is 0 Å². The van der Waals surface area contributed by atoms with E-state index in [1.807, 2.05) is 78.9 Å². The van der Waals surface area contributed by atoms with Crippen molar-refractivity contribution in [2.24, 2.45) is 5.92 Å². The first-order valence-corrected chi connectivity index (χ1v) is 11.0. The average Bonchev–Trinajstić information content (AvgIpc) is 3.19. The average molecular weight is 479 g/mol. The van der Waals surface area contributed by atoms with Crippen LogP contribution in [0.25, 0.3) is 0 Å². The van der Waals surface area contributed by atoms with E-state index in [4.69, 9.17) is 4.74 Å². The van der Waals surface area contributed by atoms with Gasteiger partial charge in [0.1, 0.15) is 12.4 Å². The van der Waals surface area contributed by atoms with E-state index in [-0.39, 0.29) is 24.2 Å². The number of ether oxygens (including phenoxy) is 1. The highest BCUT2D eigenvalue weighted by Gasteiger charge is 2.35. The molecule has 4 rings (SSSR count). The van der Waals surface area contributed by atoms with Crippen LogP contribution in [0.3, 0.4) is 0 Å². The van der Waals surface area contributed by atoms with Crippen LogP contribution in [-0.4, -0.2) is 18.4 Å². The summed E-state index contributed by atoms with van der Waals surface area (Å²) in [7, 11) is 0. The molecule has 0 radical (unpaired) electrons. The van der Waals surface area contributed by atoms with Crippen LogP contribution in [0, 0.1) is 5.92 Å². The molecular formula is C25H23BrN2O3. The van der Waals surface area contributed by atoms with Gasteiger partial charge in [0.05, 0.1) is 5.92 Å². The van der Waals surface area contributed by atoms with Crippen molar-refractivity contribution in [3.8, 4) is 5.75 Å². The van der Waals surface area contributed by atoms with Gasteiger partial charge in [-0.25, -0.2) is 0 Å². The Bertz CT molecular complexity index is 1050. The molecule has 0 aliphatic carbocycles. The van der Waals surface area contributed by atoms with Crippen molar-refractivity contribution in [1.82, 2.24) is 5.32 Å². The Kier molecular flexibility index (Phi) is 6.67. The molecule has 1 aliphatic heterocycles. The van der Waals surface area contributed by atoms with Crippen LogP contribution in [-0.2, 0) is 22.7 Å². The summed E-state index contributed by atoms with van der Waals surface area (Å²) in [5, 5.41) is 2.95. The molecule has 1 saturated heterocycles. The zero-order chi connectivity index (χ0) is 21.6. The van der Waals surface area contributed by atoms with E-state index in [1.54, 1.807) is 4.90 Å². The fourth-order valence-electron chi connectivity index (χ4n) is 3.55. The van der Waals surface area contributed by atoms with Gasteiger partial charge in [-0.2, -0.15) is 0 Å². The van der Waals surface area contributed by atoms with Crippen LogP contribution in [0.5, 0.6) is 5.75 Å². The number of anilines is 1. The van der Waals surface area contributed by atoms with E-state index in [1.165, 1.54) is 0 Å². The van der Waals surface area contributed by atoms with Gasteiger partial charge in [0.15, 0.2) is 0 Å². The maximum atomic E-state index is 12.6. The number of benzene rings is 3. The van der Waals surface area contributed by atoms with Gasteiger partial charge in [0.2, 0.25) is 11.8 Å². The van der Waals surface area contributed by atoms with Gasteiger partial charge in [0.25, 0.3) is 0 Å². The summed E-state index contributed by atoms with van der Waals surface area (Å²) in [4.78, 5) is 26.7. The Labute approximate surface area is 190 Å². The predicted octanol–water partition coefficient (Wildman–Crippen LogP) is 4.70. The Morgan fingerprint density at radius 2 is 1.77 bits per heavy atom. The summed E-state index contributed by atoms with van der Waals surface area (Å²) >= 11 is 3.42. The van der Waals surface area contributed by atoms with Gasteiger partial charge in [0, 0.05) is 29.7 Å².